The molecule has 5 nitrogen and oxygen atoms in total. The van der Waals surface area contributed by atoms with Gasteiger partial charge in [-0.15, -0.1) is 0 Å². The number of hydrogen-bond donors (Lipinski definition) is 1. The van der Waals surface area contributed by atoms with Crippen molar-refractivity contribution in [3.63, 3.8) is 0 Å². The van der Waals surface area contributed by atoms with E-state index in [9.17, 15) is 4.79 Å². The topological polar surface area (TPSA) is 50.8 Å². The summed E-state index contributed by atoms with van der Waals surface area (Å²) in [6, 6.07) is 6.33. The Balaban J connectivity index is 1.98. The van der Waals surface area contributed by atoms with Gasteiger partial charge in [0.05, 0.1) is 14.2 Å². The van der Waals surface area contributed by atoms with Crippen molar-refractivity contribution in [2.24, 2.45) is 0 Å². The number of ether oxygens (including phenoxy) is 2. The van der Waals surface area contributed by atoms with Crippen LogP contribution < -0.4 is 14.8 Å². The second-order valence-electron chi connectivity index (χ2n) is 5.79. The minimum atomic E-state index is 0.211. The molecule has 0 saturated carbocycles. The molecule has 1 fully saturated rings. The first-order valence-corrected chi connectivity index (χ1v) is 7.80. The zero-order valence-electron chi connectivity index (χ0n) is 13.9. The first kappa shape index (κ1) is 16.6. The van der Waals surface area contributed by atoms with Gasteiger partial charge in [-0.05, 0) is 38.0 Å². The molecule has 122 valence electrons. The molecule has 0 radical (unpaired) electrons. The minimum Gasteiger partial charge on any atom is -0.497 e. The van der Waals surface area contributed by atoms with Crippen LogP contribution in [0.5, 0.6) is 11.5 Å². The molecule has 0 aliphatic carbocycles. The number of aryl methyl sites for hydroxylation is 1. The van der Waals surface area contributed by atoms with E-state index in [4.69, 9.17) is 9.47 Å². The number of carbonyl (C=O) groups is 1. The van der Waals surface area contributed by atoms with Crippen LogP contribution in [0.25, 0.3) is 0 Å². The van der Waals surface area contributed by atoms with E-state index in [1.807, 2.05) is 23.1 Å². The molecule has 5 heteroatoms. The van der Waals surface area contributed by atoms with Gasteiger partial charge in [-0.25, -0.2) is 0 Å². The molecule has 0 bridgehead atoms. The van der Waals surface area contributed by atoms with Crippen molar-refractivity contribution < 1.29 is 14.3 Å². The molecule has 1 aliphatic heterocycles. The Bertz CT molecular complexity index is 496. The van der Waals surface area contributed by atoms with Crippen molar-refractivity contribution >= 4 is 5.91 Å². The second-order valence-corrected chi connectivity index (χ2v) is 5.79. The summed E-state index contributed by atoms with van der Waals surface area (Å²) in [5.74, 6) is 1.72. The van der Waals surface area contributed by atoms with Gasteiger partial charge in [0.15, 0.2) is 0 Å². The van der Waals surface area contributed by atoms with Crippen LogP contribution in [0, 0.1) is 0 Å². The lowest BCUT2D eigenvalue weighted by atomic mass is 10.0. The van der Waals surface area contributed by atoms with Crippen molar-refractivity contribution in [1.29, 1.82) is 0 Å². The third-order valence-corrected chi connectivity index (χ3v) is 4.39. The summed E-state index contributed by atoms with van der Waals surface area (Å²) in [7, 11) is 3.26. The molecular weight excluding hydrogens is 280 g/mol. The average molecular weight is 306 g/mol. The smallest absolute Gasteiger partial charge is 0.223 e. The molecule has 1 saturated heterocycles. The van der Waals surface area contributed by atoms with Crippen LogP contribution in [0.2, 0.25) is 0 Å². The zero-order valence-corrected chi connectivity index (χ0v) is 13.9. The predicted octanol–water partition coefficient (Wildman–Crippen LogP) is 1.85. The Kier molecular flexibility index (Phi) is 5.66. The van der Waals surface area contributed by atoms with Gasteiger partial charge in [0.2, 0.25) is 5.91 Å². The number of benzene rings is 1. The Hall–Kier alpha value is -1.75. The van der Waals surface area contributed by atoms with Gasteiger partial charge in [-0.3, -0.25) is 4.79 Å². The lowest BCUT2D eigenvalue weighted by molar-refractivity contribution is -0.134. The number of carbonyl (C=O) groups excluding carboxylic acids is 1. The van der Waals surface area contributed by atoms with Gasteiger partial charge >= 0.3 is 0 Å². The van der Waals surface area contributed by atoms with Crippen LogP contribution in [0.4, 0.5) is 0 Å². The van der Waals surface area contributed by atoms with Crippen molar-refractivity contribution in [2.45, 2.75) is 38.8 Å². The quantitative estimate of drug-likeness (QED) is 0.902. The van der Waals surface area contributed by atoms with E-state index in [-0.39, 0.29) is 11.9 Å². The standard InChI is InChI=1S/C17H26N2O3/c1-12-13(2)19(8-7-18-12)17(20)6-5-14-9-15(21-3)11-16(10-14)22-4/h9-13,18H,5-8H2,1-4H3. The molecule has 2 rings (SSSR count). The highest BCUT2D eigenvalue weighted by atomic mass is 16.5. The maximum absolute atomic E-state index is 12.5. The number of rotatable bonds is 5. The van der Waals surface area contributed by atoms with Crippen molar-refractivity contribution in [2.75, 3.05) is 27.3 Å². The Morgan fingerprint density at radius 3 is 2.45 bits per heavy atom. The van der Waals surface area contributed by atoms with Crippen molar-refractivity contribution in [1.82, 2.24) is 10.2 Å². The Labute approximate surface area is 132 Å². The lowest BCUT2D eigenvalue weighted by Crippen LogP contribution is -2.57. The molecule has 0 spiro atoms. The SMILES string of the molecule is COc1cc(CCC(=O)N2CCNC(C)C2C)cc(OC)c1. The fourth-order valence-corrected chi connectivity index (χ4v) is 2.81. The van der Waals surface area contributed by atoms with Gasteiger partial charge in [-0.2, -0.15) is 0 Å². The number of nitrogens with zero attached hydrogens (tertiary/aromatic N) is 1. The summed E-state index contributed by atoms with van der Waals surface area (Å²) >= 11 is 0. The molecule has 1 heterocycles. The highest BCUT2D eigenvalue weighted by molar-refractivity contribution is 5.77. The maximum atomic E-state index is 12.5. The fourth-order valence-electron chi connectivity index (χ4n) is 2.81. The van der Waals surface area contributed by atoms with E-state index in [2.05, 4.69) is 19.2 Å². The third kappa shape index (κ3) is 3.91. The first-order valence-electron chi connectivity index (χ1n) is 7.80. The second kappa shape index (κ2) is 7.49. The highest BCUT2D eigenvalue weighted by Gasteiger charge is 2.27. The number of piperazine rings is 1. The van der Waals surface area contributed by atoms with Crippen LogP contribution in [0.3, 0.4) is 0 Å². The molecule has 1 N–H and O–H groups in total. The Morgan fingerprint density at radius 1 is 1.23 bits per heavy atom. The lowest BCUT2D eigenvalue weighted by Gasteiger charge is -2.38. The largest absolute Gasteiger partial charge is 0.497 e. The van der Waals surface area contributed by atoms with Gasteiger partial charge in [-0.1, -0.05) is 0 Å². The molecule has 2 atom stereocenters. The summed E-state index contributed by atoms with van der Waals surface area (Å²) in [5.41, 5.74) is 1.06. The minimum absolute atomic E-state index is 0.211. The summed E-state index contributed by atoms with van der Waals surface area (Å²) in [4.78, 5) is 14.5. The summed E-state index contributed by atoms with van der Waals surface area (Å²) < 4.78 is 10.5. The molecule has 0 aromatic heterocycles. The van der Waals surface area contributed by atoms with E-state index in [1.54, 1.807) is 14.2 Å². The first-order chi connectivity index (χ1) is 10.5. The summed E-state index contributed by atoms with van der Waals surface area (Å²) in [6.07, 6.45) is 1.20. The molecule has 22 heavy (non-hydrogen) atoms. The molecular formula is C17H26N2O3. The molecule has 1 aromatic carbocycles. The van der Waals surface area contributed by atoms with Crippen LogP contribution in [-0.4, -0.2) is 50.2 Å². The summed E-state index contributed by atoms with van der Waals surface area (Å²) in [5, 5.41) is 3.39. The molecule has 2 unspecified atom stereocenters. The van der Waals surface area contributed by atoms with Crippen LogP contribution in [-0.2, 0) is 11.2 Å². The van der Waals surface area contributed by atoms with E-state index in [1.165, 1.54) is 0 Å². The van der Waals surface area contributed by atoms with Crippen LogP contribution >= 0.6 is 0 Å². The third-order valence-electron chi connectivity index (χ3n) is 4.39. The van der Waals surface area contributed by atoms with E-state index in [0.29, 0.717) is 18.9 Å². The number of methoxy groups -OCH3 is 2. The average Bonchev–Trinajstić information content (AvgIpc) is 2.54. The van der Waals surface area contributed by atoms with Crippen molar-refractivity contribution in [3.8, 4) is 11.5 Å². The molecule has 1 amide bonds. The summed E-state index contributed by atoms with van der Waals surface area (Å²) in [6.45, 7) is 5.87. The van der Waals surface area contributed by atoms with Crippen LogP contribution in [0.1, 0.15) is 25.8 Å². The Morgan fingerprint density at radius 2 is 1.86 bits per heavy atom. The van der Waals surface area contributed by atoms with E-state index >= 15 is 0 Å². The van der Waals surface area contributed by atoms with Gasteiger partial charge in [0.25, 0.3) is 0 Å². The normalized spacial score (nSPS) is 21.5. The predicted molar refractivity (Wildman–Crippen MR) is 86.5 cm³/mol. The number of amides is 1. The van der Waals surface area contributed by atoms with E-state index < -0.39 is 0 Å². The zero-order chi connectivity index (χ0) is 16.1. The number of nitrogens with one attached hydrogen (secondary N) is 1. The van der Waals surface area contributed by atoms with Gasteiger partial charge in [0, 0.05) is 37.7 Å². The van der Waals surface area contributed by atoms with Crippen molar-refractivity contribution in [3.05, 3.63) is 23.8 Å². The van der Waals surface area contributed by atoms with E-state index in [0.717, 1.165) is 30.2 Å². The van der Waals surface area contributed by atoms with Gasteiger partial charge < -0.3 is 19.7 Å². The highest BCUT2D eigenvalue weighted by Crippen LogP contribution is 2.23. The van der Waals surface area contributed by atoms with Gasteiger partial charge in [0.1, 0.15) is 11.5 Å². The molecule has 1 aromatic rings. The fraction of sp³-hybridized carbons (Fsp3) is 0.588. The molecule has 1 aliphatic rings. The van der Waals surface area contributed by atoms with Crippen LogP contribution in [0.15, 0.2) is 18.2 Å². The maximum Gasteiger partial charge on any atom is 0.223 e. The number of hydrogen-bond acceptors (Lipinski definition) is 4. The monoisotopic (exact) mass is 306 g/mol.